The molecule has 1 amide bonds. The molecule has 0 aliphatic rings. The molecule has 0 spiro atoms. The summed E-state index contributed by atoms with van der Waals surface area (Å²) in [5, 5.41) is 10.4. The van der Waals surface area contributed by atoms with Gasteiger partial charge in [-0.25, -0.2) is 13.9 Å². The Morgan fingerprint density at radius 3 is 2.68 bits per heavy atom. The highest BCUT2D eigenvalue weighted by Crippen LogP contribution is 2.28. The van der Waals surface area contributed by atoms with Crippen molar-refractivity contribution < 1.29 is 31.8 Å². The molecule has 8 nitrogen and oxygen atoms in total. The van der Waals surface area contributed by atoms with Gasteiger partial charge in [0.2, 0.25) is 5.88 Å². The molecular weight excluding hydrogens is 458 g/mol. The van der Waals surface area contributed by atoms with Crippen LogP contribution in [-0.2, 0) is 0 Å². The third-order valence-corrected chi connectivity index (χ3v) is 4.90. The number of aromatic nitrogens is 4. The number of nitrogens with one attached hydrogen (secondary N) is 1. The Bertz CT molecular complexity index is 1360. The molecule has 12 heteroatoms. The molecule has 34 heavy (non-hydrogen) atoms. The summed E-state index contributed by atoms with van der Waals surface area (Å²) in [4.78, 5) is 17.2. The van der Waals surface area contributed by atoms with Gasteiger partial charge in [0.25, 0.3) is 5.91 Å². The lowest BCUT2D eigenvalue weighted by molar-refractivity contribution is -0.274. The van der Waals surface area contributed by atoms with E-state index in [2.05, 4.69) is 25.3 Å². The molecule has 3 aromatic heterocycles. The van der Waals surface area contributed by atoms with E-state index in [0.717, 1.165) is 23.7 Å². The van der Waals surface area contributed by atoms with Crippen LogP contribution in [-0.4, -0.2) is 39.2 Å². The van der Waals surface area contributed by atoms with Gasteiger partial charge in [0.15, 0.2) is 0 Å². The second-order valence-corrected chi connectivity index (χ2v) is 7.16. The van der Waals surface area contributed by atoms with Gasteiger partial charge in [0, 0.05) is 5.56 Å². The first kappa shape index (κ1) is 23.0. The van der Waals surface area contributed by atoms with Gasteiger partial charge in [-0.05, 0) is 49.4 Å². The van der Waals surface area contributed by atoms with E-state index in [0.29, 0.717) is 11.4 Å². The summed E-state index contributed by atoms with van der Waals surface area (Å²) in [6.45, 7) is 1.42. The molecule has 1 N–H and O–H groups in total. The van der Waals surface area contributed by atoms with Crippen LogP contribution in [0, 0.1) is 5.82 Å². The van der Waals surface area contributed by atoms with E-state index in [-0.39, 0.29) is 17.0 Å². The molecular formula is C22H17F4N5O3. The molecule has 176 valence electrons. The Labute approximate surface area is 190 Å². The molecule has 0 radical (unpaired) electrons. The van der Waals surface area contributed by atoms with E-state index >= 15 is 0 Å². The van der Waals surface area contributed by atoms with Crippen molar-refractivity contribution in [2.75, 3.05) is 7.11 Å². The van der Waals surface area contributed by atoms with Gasteiger partial charge in [-0.2, -0.15) is 0 Å². The van der Waals surface area contributed by atoms with Crippen LogP contribution < -0.4 is 14.8 Å². The maximum absolute atomic E-state index is 14.3. The quantitative estimate of drug-likeness (QED) is 0.418. The molecule has 4 aromatic rings. The van der Waals surface area contributed by atoms with E-state index in [4.69, 9.17) is 4.74 Å². The number of fused-ring (bicyclic) bond motifs is 1. The van der Waals surface area contributed by atoms with Gasteiger partial charge in [0.1, 0.15) is 17.1 Å². The summed E-state index contributed by atoms with van der Waals surface area (Å²) >= 11 is 0. The zero-order valence-electron chi connectivity index (χ0n) is 17.8. The number of alkyl halides is 3. The van der Waals surface area contributed by atoms with E-state index in [9.17, 15) is 22.4 Å². The summed E-state index contributed by atoms with van der Waals surface area (Å²) in [5.41, 5.74) is 1.67. The molecule has 1 aromatic carbocycles. The number of amides is 1. The Morgan fingerprint density at radius 2 is 1.94 bits per heavy atom. The van der Waals surface area contributed by atoms with Crippen LogP contribution in [0.5, 0.6) is 11.6 Å². The highest BCUT2D eigenvalue weighted by molar-refractivity contribution is 5.97. The number of nitrogens with zero attached hydrogens (tertiary/aromatic N) is 4. The Hall–Kier alpha value is -4.22. The van der Waals surface area contributed by atoms with Crippen molar-refractivity contribution in [1.82, 2.24) is 25.1 Å². The van der Waals surface area contributed by atoms with Gasteiger partial charge in [-0.15, -0.1) is 18.3 Å². The average Bonchev–Trinajstić information content (AvgIpc) is 3.28. The second-order valence-electron chi connectivity index (χ2n) is 7.16. The minimum absolute atomic E-state index is 0.00561. The second kappa shape index (κ2) is 8.96. The molecule has 0 aliphatic heterocycles. The molecule has 0 aliphatic carbocycles. The molecule has 1 atom stereocenters. The molecule has 1 unspecified atom stereocenters. The molecule has 0 bridgehead atoms. The van der Waals surface area contributed by atoms with Gasteiger partial charge in [0.05, 0.1) is 36.3 Å². The number of rotatable bonds is 6. The van der Waals surface area contributed by atoms with Crippen LogP contribution in [0.4, 0.5) is 17.6 Å². The van der Waals surface area contributed by atoms with Crippen molar-refractivity contribution in [1.29, 1.82) is 0 Å². The first-order chi connectivity index (χ1) is 16.2. The summed E-state index contributed by atoms with van der Waals surface area (Å²) < 4.78 is 62.4. The third-order valence-electron chi connectivity index (χ3n) is 4.90. The lowest BCUT2D eigenvalue weighted by atomic mass is 10.1. The number of pyridine rings is 2. The lowest BCUT2D eigenvalue weighted by Crippen LogP contribution is -2.28. The number of methoxy groups -OCH3 is 1. The summed E-state index contributed by atoms with van der Waals surface area (Å²) in [6.07, 6.45) is -3.35. The molecule has 0 saturated carbocycles. The van der Waals surface area contributed by atoms with Crippen LogP contribution in [0.15, 0.2) is 54.7 Å². The fourth-order valence-corrected chi connectivity index (χ4v) is 3.36. The minimum atomic E-state index is -4.93. The number of hydrogen-bond acceptors (Lipinski definition) is 6. The monoisotopic (exact) mass is 475 g/mol. The van der Waals surface area contributed by atoms with Gasteiger partial charge < -0.3 is 14.8 Å². The van der Waals surface area contributed by atoms with Crippen molar-refractivity contribution in [3.8, 4) is 23.0 Å². The largest absolute Gasteiger partial charge is 0.573 e. The lowest BCUT2D eigenvalue weighted by Gasteiger charge is -2.18. The van der Waals surface area contributed by atoms with E-state index in [1.807, 2.05) is 6.07 Å². The van der Waals surface area contributed by atoms with Crippen molar-refractivity contribution >= 4 is 11.4 Å². The Morgan fingerprint density at radius 1 is 1.15 bits per heavy atom. The van der Waals surface area contributed by atoms with E-state index in [1.54, 1.807) is 28.9 Å². The van der Waals surface area contributed by atoms with Crippen LogP contribution >= 0.6 is 0 Å². The highest BCUT2D eigenvalue weighted by atomic mass is 19.4. The SMILES string of the molecule is COc1nc(-c2cccc3cnnn23)ccc1C(=O)NC(C)c1cc(OC(F)(F)F)ccc1F. The standard InChI is InChI=1S/C22H17F4N5O3/c1-12(16-10-14(6-8-17(16)23)34-22(24,25)26)28-20(32)15-7-9-18(29-21(15)33-2)19-5-3-4-13-11-27-30-31(13)19/h3-12H,1-2H3,(H,28,32). The molecule has 0 fully saturated rings. The van der Waals surface area contributed by atoms with Crippen LogP contribution in [0.1, 0.15) is 28.9 Å². The fraction of sp³-hybridized carbons (Fsp3) is 0.182. The highest BCUT2D eigenvalue weighted by Gasteiger charge is 2.31. The van der Waals surface area contributed by atoms with Crippen molar-refractivity contribution in [3.63, 3.8) is 0 Å². The smallest absolute Gasteiger partial charge is 0.480 e. The fourth-order valence-electron chi connectivity index (χ4n) is 3.36. The number of carbonyl (C=O) groups is 1. The van der Waals surface area contributed by atoms with Crippen molar-refractivity contribution in [2.24, 2.45) is 0 Å². The summed E-state index contributed by atoms with van der Waals surface area (Å²) in [5.74, 6) is -2.07. The predicted molar refractivity (Wildman–Crippen MR) is 112 cm³/mol. The summed E-state index contributed by atoms with van der Waals surface area (Å²) in [7, 11) is 1.33. The predicted octanol–water partition coefficient (Wildman–Crippen LogP) is 4.33. The van der Waals surface area contributed by atoms with Gasteiger partial charge >= 0.3 is 6.36 Å². The molecule has 0 saturated heterocycles. The Kier molecular flexibility index (Phi) is 6.05. The topological polar surface area (TPSA) is 90.6 Å². The normalized spacial score (nSPS) is 12.4. The van der Waals surface area contributed by atoms with Crippen LogP contribution in [0.25, 0.3) is 16.9 Å². The van der Waals surface area contributed by atoms with Gasteiger partial charge in [-0.3, -0.25) is 4.79 Å². The van der Waals surface area contributed by atoms with E-state index in [1.165, 1.54) is 20.1 Å². The number of halogens is 4. The summed E-state index contributed by atoms with van der Waals surface area (Å²) in [6, 6.07) is 10.0. The maximum atomic E-state index is 14.3. The maximum Gasteiger partial charge on any atom is 0.573 e. The van der Waals surface area contributed by atoms with Crippen LogP contribution in [0.3, 0.4) is 0 Å². The first-order valence-corrected chi connectivity index (χ1v) is 9.87. The number of ether oxygens (including phenoxy) is 2. The zero-order valence-corrected chi connectivity index (χ0v) is 17.8. The third kappa shape index (κ3) is 4.75. The number of benzene rings is 1. The Balaban J connectivity index is 1.59. The molecule has 3 heterocycles. The zero-order chi connectivity index (χ0) is 24.5. The van der Waals surface area contributed by atoms with Crippen molar-refractivity contribution in [3.05, 3.63) is 71.7 Å². The molecule has 4 rings (SSSR count). The van der Waals surface area contributed by atoms with Crippen LogP contribution in [0.2, 0.25) is 0 Å². The van der Waals surface area contributed by atoms with E-state index < -0.39 is 29.9 Å². The number of hydrogen-bond donors (Lipinski definition) is 1. The first-order valence-electron chi connectivity index (χ1n) is 9.87. The minimum Gasteiger partial charge on any atom is -0.480 e. The average molecular weight is 475 g/mol. The van der Waals surface area contributed by atoms with Gasteiger partial charge in [-0.1, -0.05) is 11.3 Å². The van der Waals surface area contributed by atoms with Crippen molar-refractivity contribution in [2.45, 2.75) is 19.3 Å². The number of carbonyl (C=O) groups excluding carboxylic acids is 1.